The van der Waals surface area contributed by atoms with Crippen LogP contribution in [0.25, 0.3) is 0 Å². The summed E-state index contributed by atoms with van der Waals surface area (Å²) < 4.78 is 36.7. The number of aliphatic hydroxyl groups excluding tert-OH is 2. The maximum atomic E-state index is 8.50. The van der Waals surface area contributed by atoms with Gasteiger partial charge in [-0.1, -0.05) is 0 Å². The molecule has 0 aromatic carbocycles. The largest absolute Gasteiger partial charge is 0.412 e. The lowest BCUT2D eigenvalue weighted by Gasteiger charge is -2.08. The van der Waals surface area contributed by atoms with Crippen LogP contribution in [0.2, 0.25) is 0 Å². The minimum absolute atomic E-state index is 0. The molecule has 0 atom stereocenters. The van der Waals surface area contributed by atoms with Crippen molar-refractivity contribution in [2.45, 2.75) is 0 Å². The zero-order valence-electron chi connectivity index (χ0n) is 15.6. The summed E-state index contributed by atoms with van der Waals surface area (Å²) in [5, 5.41) is 17.0. The Labute approximate surface area is 155 Å². The summed E-state index contributed by atoms with van der Waals surface area (Å²) in [5.41, 5.74) is 0. The number of ether oxygens (including phenoxy) is 7. The van der Waals surface area contributed by atoms with Crippen LogP contribution < -0.4 is 0 Å². The summed E-state index contributed by atoms with van der Waals surface area (Å²) in [7, 11) is 0. The van der Waals surface area contributed by atoms with Gasteiger partial charge in [0.05, 0.1) is 106 Å². The fourth-order valence-corrected chi connectivity index (χ4v) is 1.55. The number of hydrogen-bond acceptors (Lipinski definition) is 9. The Morgan fingerprint density at radius 1 is 0.308 bits per heavy atom. The average molecular weight is 388 g/mol. The van der Waals surface area contributed by atoms with Gasteiger partial charge < -0.3 is 48.8 Å². The van der Waals surface area contributed by atoms with E-state index in [1.807, 2.05) is 0 Å². The molecule has 0 spiro atoms. The van der Waals surface area contributed by atoms with Crippen molar-refractivity contribution in [1.29, 1.82) is 0 Å². The molecule has 160 valence electrons. The standard InChI is InChI=1S/C16H34O9.H2O/c17-1-3-19-5-7-21-9-11-23-13-15-25-16-14-24-12-10-22-8-6-20-4-2-18;/h17-18H,1-16H2;1H2. The van der Waals surface area contributed by atoms with Crippen molar-refractivity contribution in [1.82, 2.24) is 0 Å². The maximum absolute atomic E-state index is 8.50. The Balaban J connectivity index is 0. The Bertz CT molecular complexity index is 211. The van der Waals surface area contributed by atoms with Gasteiger partial charge >= 0.3 is 0 Å². The summed E-state index contributed by atoms with van der Waals surface area (Å²) in [6.45, 7) is 6.80. The molecule has 0 aliphatic heterocycles. The van der Waals surface area contributed by atoms with Crippen molar-refractivity contribution in [2.24, 2.45) is 0 Å². The maximum Gasteiger partial charge on any atom is 0.0701 e. The molecule has 0 heterocycles. The molecule has 10 nitrogen and oxygen atoms in total. The minimum Gasteiger partial charge on any atom is -0.412 e. The molecule has 0 saturated carbocycles. The van der Waals surface area contributed by atoms with E-state index < -0.39 is 0 Å². The molecule has 4 N–H and O–H groups in total. The van der Waals surface area contributed by atoms with Gasteiger partial charge in [-0.25, -0.2) is 0 Å². The second-order valence-corrected chi connectivity index (χ2v) is 4.73. The Morgan fingerprint density at radius 3 is 0.615 bits per heavy atom. The predicted molar refractivity (Wildman–Crippen MR) is 93.5 cm³/mol. The molecule has 0 aliphatic carbocycles. The second kappa shape index (κ2) is 26.8. The second-order valence-electron chi connectivity index (χ2n) is 4.73. The average Bonchev–Trinajstić information content (AvgIpc) is 2.63. The van der Waals surface area contributed by atoms with Crippen molar-refractivity contribution >= 4 is 0 Å². The van der Waals surface area contributed by atoms with Crippen molar-refractivity contribution < 1.29 is 48.8 Å². The lowest BCUT2D eigenvalue weighted by atomic mass is 10.6. The molecule has 0 saturated heterocycles. The van der Waals surface area contributed by atoms with E-state index >= 15 is 0 Å². The first kappa shape index (κ1) is 27.8. The summed E-state index contributed by atoms with van der Waals surface area (Å²) in [6, 6.07) is 0. The first-order valence-electron chi connectivity index (χ1n) is 8.67. The number of rotatable bonds is 22. The molecule has 0 bridgehead atoms. The molecule has 0 aliphatic rings. The van der Waals surface area contributed by atoms with Gasteiger partial charge in [-0.3, -0.25) is 0 Å². The van der Waals surface area contributed by atoms with E-state index in [1.54, 1.807) is 0 Å². The minimum atomic E-state index is 0. The molecule has 26 heavy (non-hydrogen) atoms. The summed E-state index contributed by atoms with van der Waals surface area (Å²) in [6.07, 6.45) is 0. The molecular weight excluding hydrogens is 352 g/mol. The van der Waals surface area contributed by atoms with E-state index in [0.29, 0.717) is 92.5 Å². The third-order valence-corrected chi connectivity index (χ3v) is 2.70. The smallest absolute Gasteiger partial charge is 0.0701 e. The highest BCUT2D eigenvalue weighted by atomic mass is 16.6. The van der Waals surface area contributed by atoms with E-state index in [9.17, 15) is 0 Å². The normalized spacial score (nSPS) is 10.8. The van der Waals surface area contributed by atoms with Crippen molar-refractivity contribution in [2.75, 3.05) is 106 Å². The summed E-state index contributed by atoms with van der Waals surface area (Å²) >= 11 is 0. The highest BCUT2D eigenvalue weighted by molar-refractivity contribution is 4.37. The van der Waals surface area contributed by atoms with Crippen LogP contribution in [0.4, 0.5) is 0 Å². The molecule has 0 aromatic heterocycles. The Hall–Kier alpha value is -0.400. The molecular formula is C16H36O10. The molecule has 0 amide bonds. The third kappa shape index (κ3) is 25.8. The molecule has 0 fully saturated rings. The van der Waals surface area contributed by atoms with Crippen LogP contribution >= 0.6 is 0 Å². The molecule has 0 radical (unpaired) electrons. The van der Waals surface area contributed by atoms with Gasteiger partial charge in [0.1, 0.15) is 0 Å². The predicted octanol–water partition coefficient (Wildman–Crippen LogP) is -1.74. The van der Waals surface area contributed by atoms with Crippen molar-refractivity contribution in [3.05, 3.63) is 0 Å². The topological polar surface area (TPSA) is 137 Å². The van der Waals surface area contributed by atoms with Gasteiger partial charge in [0.2, 0.25) is 0 Å². The lowest BCUT2D eigenvalue weighted by Crippen LogP contribution is -2.14. The summed E-state index contributed by atoms with van der Waals surface area (Å²) in [4.78, 5) is 0. The molecule has 10 heteroatoms. The van der Waals surface area contributed by atoms with E-state index in [4.69, 9.17) is 43.4 Å². The van der Waals surface area contributed by atoms with Gasteiger partial charge in [-0.15, -0.1) is 0 Å². The highest BCUT2D eigenvalue weighted by Gasteiger charge is 1.94. The van der Waals surface area contributed by atoms with Gasteiger partial charge in [0, 0.05) is 0 Å². The third-order valence-electron chi connectivity index (χ3n) is 2.70. The van der Waals surface area contributed by atoms with E-state index in [2.05, 4.69) is 0 Å². The SMILES string of the molecule is O.OCCOCCOCCOCCOCCOCCOCCOCCO. The van der Waals surface area contributed by atoms with E-state index in [1.165, 1.54) is 0 Å². The lowest BCUT2D eigenvalue weighted by molar-refractivity contribution is -0.0223. The first-order valence-corrected chi connectivity index (χ1v) is 8.67. The molecule has 0 unspecified atom stereocenters. The quantitative estimate of drug-likeness (QED) is 0.207. The first-order chi connectivity index (χ1) is 12.4. The van der Waals surface area contributed by atoms with Crippen molar-refractivity contribution in [3.8, 4) is 0 Å². The number of aliphatic hydroxyl groups is 2. The van der Waals surface area contributed by atoms with E-state index in [-0.39, 0.29) is 18.7 Å². The van der Waals surface area contributed by atoms with Gasteiger partial charge in [-0.2, -0.15) is 0 Å². The van der Waals surface area contributed by atoms with Crippen LogP contribution in [-0.4, -0.2) is 121 Å². The fourth-order valence-electron chi connectivity index (χ4n) is 1.55. The van der Waals surface area contributed by atoms with Crippen molar-refractivity contribution in [3.63, 3.8) is 0 Å². The zero-order valence-corrected chi connectivity index (χ0v) is 15.6. The van der Waals surface area contributed by atoms with Crippen LogP contribution in [0.5, 0.6) is 0 Å². The van der Waals surface area contributed by atoms with Crippen LogP contribution in [0.1, 0.15) is 0 Å². The van der Waals surface area contributed by atoms with Crippen LogP contribution in [0, 0.1) is 0 Å². The fraction of sp³-hybridized carbons (Fsp3) is 1.00. The van der Waals surface area contributed by atoms with Crippen LogP contribution in [0.15, 0.2) is 0 Å². The molecule has 0 aromatic rings. The Kier molecular flexibility index (Phi) is 28.7. The van der Waals surface area contributed by atoms with Gasteiger partial charge in [0.25, 0.3) is 0 Å². The molecule has 0 rings (SSSR count). The van der Waals surface area contributed by atoms with Gasteiger partial charge in [0.15, 0.2) is 0 Å². The zero-order chi connectivity index (χ0) is 18.3. The van der Waals surface area contributed by atoms with Gasteiger partial charge in [-0.05, 0) is 0 Å². The number of hydrogen-bond donors (Lipinski definition) is 2. The monoisotopic (exact) mass is 388 g/mol. The summed E-state index contributed by atoms with van der Waals surface area (Å²) in [5.74, 6) is 0. The van der Waals surface area contributed by atoms with E-state index in [0.717, 1.165) is 0 Å². The van der Waals surface area contributed by atoms with Crippen LogP contribution in [0.3, 0.4) is 0 Å². The Morgan fingerprint density at radius 2 is 0.462 bits per heavy atom. The van der Waals surface area contributed by atoms with Crippen LogP contribution in [-0.2, 0) is 33.2 Å². The highest BCUT2D eigenvalue weighted by Crippen LogP contribution is 1.85.